The van der Waals surface area contributed by atoms with E-state index in [2.05, 4.69) is 40.1 Å². The molecule has 19 heavy (non-hydrogen) atoms. The van der Waals surface area contributed by atoms with Gasteiger partial charge in [0.05, 0.1) is 0 Å². The maximum Gasteiger partial charge on any atom is 0.256 e. The fourth-order valence-electron chi connectivity index (χ4n) is 2.00. The first-order valence-corrected chi connectivity index (χ1v) is 7.52. The van der Waals surface area contributed by atoms with Crippen LogP contribution < -0.4 is 10.7 Å². The van der Waals surface area contributed by atoms with E-state index >= 15 is 0 Å². The molecular formula is C14H21BrN2O2. The molecule has 1 heterocycles. The number of aromatic nitrogens is 1. The molecule has 106 valence electrons. The Kier molecular flexibility index (Phi) is 6.28. The highest BCUT2D eigenvalue weighted by Crippen LogP contribution is 2.19. The van der Waals surface area contributed by atoms with Crippen molar-refractivity contribution in [2.24, 2.45) is 5.92 Å². The van der Waals surface area contributed by atoms with Crippen molar-refractivity contribution in [3.63, 3.8) is 0 Å². The van der Waals surface area contributed by atoms with E-state index in [9.17, 15) is 9.59 Å². The van der Waals surface area contributed by atoms with E-state index in [1.807, 2.05) is 0 Å². The maximum atomic E-state index is 11.9. The number of alkyl halides is 1. The van der Waals surface area contributed by atoms with Gasteiger partial charge in [-0.3, -0.25) is 9.59 Å². The number of aromatic amines is 1. The zero-order valence-corrected chi connectivity index (χ0v) is 13.2. The zero-order chi connectivity index (χ0) is 14.4. The molecule has 1 atom stereocenters. The van der Waals surface area contributed by atoms with Crippen LogP contribution in [-0.2, 0) is 0 Å². The third-order valence-corrected chi connectivity index (χ3v) is 4.39. The normalized spacial score (nSPS) is 12.5. The van der Waals surface area contributed by atoms with Gasteiger partial charge >= 0.3 is 0 Å². The molecular weight excluding hydrogens is 308 g/mol. The van der Waals surface area contributed by atoms with Gasteiger partial charge in [-0.1, -0.05) is 42.6 Å². The van der Waals surface area contributed by atoms with E-state index in [0.717, 1.165) is 18.5 Å². The highest BCUT2D eigenvalue weighted by molar-refractivity contribution is 9.09. The molecule has 0 radical (unpaired) electrons. The first-order valence-electron chi connectivity index (χ1n) is 6.61. The van der Waals surface area contributed by atoms with Crippen LogP contribution in [-0.4, -0.2) is 22.3 Å². The van der Waals surface area contributed by atoms with Gasteiger partial charge in [0, 0.05) is 29.3 Å². The van der Waals surface area contributed by atoms with Gasteiger partial charge in [-0.05, 0) is 12.8 Å². The number of rotatable bonds is 6. The lowest BCUT2D eigenvalue weighted by Gasteiger charge is -2.19. The molecule has 1 unspecified atom stereocenters. The van der Waals surface area contributed by atoms with Crippen molar-refractivity contribution in [2.75, 3.05) is 6.54 Å². The van der Waals surface area contributed by atoms with Gasteiger partial charge in [-0.2, -0.15) is 0 Å². The smallest absolute Gasteiger partial charge is 0.256 e. The number of aryl methyl sites for hydroxylation is 1. The molecule has 5 heteroatoms. The molecule has 0 bridgehead atoms. The van der Waals surface area contributed by atoms with E-state index in [0.29, 0.717) is 12.5 Å². The SMILES string of the molecule is CCC(CC)C(Br)CNC(=O)c1c[nH]c(C)cc1=O. The number of H-pyrrole nitrogens is 1. The maximum absolute atomic E-state index is 11.9. The topological polar surface area (TPSA) is 62.0 Å². The second-order valence-corrected chi connectivity index (χ2v) is 5.87. The van der Waals surface area contributed by atoms with Crippen molar-refractivity contribution in [1.82, 2.24) is 10.3 Å². The second kappa shape index (κ2) is 7.48. The van der Waals surface area contributed by atoms with Crippen molar-refractivity contribution >= 4 is 21.8 Å². The first kappa shape index (κ1) is 16.0. The predicted molar refractivity (Wildman–Crippen MR) is 80.9 cm³/mol. The van der Waals surface area contributed by atoms with Crippen LogP contribution in [0, 0.1) is 12.8 Å². The average molecular weight is 329 g/mol. The number of amides is 1. The Balaban J connectivity index is 2.63. The Labute approximate surface area is 122 Å². The standard InChI is InChI=1S/C14H21BrN2O2/c1-4-10(5-2)12(15)8-17-14(19)11-7-16-9(3)6-13(11)18/h6-7,10,12H,4-5,8H2,1-3H3,(H,16,18)(H,17,19). The summed E-state index contributed by atoms with van der Waals surface area (Å²) in [6.07, 6.45) is 3.59. The Morgan fingerprint density at radius 1 is 1.42 bits per heavy atom. The molecule has 0 aliphatic heterocycles. The van der Waals surface area contributed by atoms with Crippen LogP contribution in [0.3, 0.4) is 0 Å². The van der Waals surface area contributed by atoms with Gasteiger partial charge < -0.3 is 10.3 Å². The van der Waals surface area contributed by atoms with Crippen LogP contribution in [0.25, 0.3) is 0 Å². The van der Waals surface area contributed by atoms with E-state index in [1.165, 1.54) is 12.3 Å². The highest BCUT2D eigenvalue weighted by atomic mass is 79.9. The summed E-state index contributed by atoms with van der Waals surface area (Å²) in [4.78, 5) is 26.7. The summed E-state index contributed by atoms with van der Waals surface area (Å²) in [6.45, 7) is 6.58. The molecule has 0 saturated carbocycles. The van der Waals surface area contributed by atoms with Crippen molar-refractivity contribution in [2.45, 2.75) is 38.4 Å². The van der Waals surface area contributed by atoms with E-state index in [4.69, 9.17) is 0 Å². The predicted octanol–water partition coefficient (Wildman–Crippen LogP) is 2.61. The fraction of sp³-hybridized carbons (Fsp3) is 0.571. The van der Waals surface area contributed by atoms with Gasteiger partial charge in [0.25, 0.3) is 5.91 Å². The minimum Gasteiger partial charge on any atom is -0.364 e. The highest BCUT2D eigenvalue weighted by Gasteiger charge is 2.17. The van der Waals surface area contributed by atoms with Crippen LogP contribution >= 0.6 is 15.9 Å². The van der Waals surface area contributed by atoms with Crippen LogP contribution in [0.4, 0.5) is 0 Å². The minimum absolute atomic E-state index is 0.162. The van der Waals surface area contributed by atoms with E-state index in [-0.39, 0.29) is 21.7 Å². The van der Waals surface area contributed by atoms with Gasteiger partial charge in [0.1, 0.15) is 5.56 Å². The van der Waals surface area contributed by atoms with E-state index in [1.54, 1.807) is 6.92 Å². The fourth-order valence-corrected chi connectivity index (χ4v) is 2.91. The second-order valence-electron chi connectivity index (χ2n) is 4.70. The number of hydrogen-bond donors (Lipinski definition) is 2. The van der Waals surface area contributed by atoms with Gasteiger partial charge in [-0.15, -0.1) is 0 Å². The average Bonchev–Trinajstić information content (AvgIpc) is 2.37. The molecule has 4 nitrogen and oxygen atoms in total. The van der Waals surface area contributed by atoms with Crippen LogP contribution in [0.2, 0.25) is 0 Å². The number of hydrogen-bond acceptors (Lipinski definition) is 2. The lowest BCUT2D eigenvalue weighted by atomic mass is 9.99. The summed E-state index contributed by atoms with van der Waals surface area (Å²) in [6, 6.07) is 1.43. The molecule has 0 aliphatic rings. The lowest BCUT2D eigenvalue weighted by Crippen LogP contribution is -2.35. The summed E-state index contributed by atoms with van der Waals surface area (Å²) in [5, 5.41) is 2.80. The van der Waals surface area contributed by atoms with Crippen molar-refractivity contribution in [3.05, 3.63) is 33.7 Å². The number of pyridine rings is 1. The zero-order valence-electron chi connectivity index (χ0n) is 11.6. The van der Waals surface area contributed by atoms with Gasteiger partial charge in [0.2, 0.25) is 0 Å². The lowest BCUT2D eigenvalue weighted by molar-refractivity contribution is 0.0950. The molecule has 1 amide bonds. The Hall–Kier alpha value is -1.10. The molecule has 1 rings (SSSR count). The van der Waals surface area contributed by atoms with Crippen molar-refractivity contribution in [1.29, 1.82) is 0 Å². The van der Waals surface area contributed by atoms with Crippen molar-refractivity contribution in [3.8, 4) is 0 Å². The number of halogens is 1. The van der Waals surface area contributed by atoms with Gasteiger partial charge in [-0.25, -0.2) is 0 Å². The molecule has 2 N–H and O–H groups in total. The Morgan fingerprint density at radius 2 is 2.05 bits per heavy atom. The molecule has 1 aromatic rings. The van der Waals surface area contributed by atoms with Crippen LogP contribution in [0.5, 0.6) is 0 Å². The number of carbonyl (C=O) groups is 1. The summed E-state index contributed by atoms with van der Waals surface area (Å²) in [7, 11) is 0. The third kappa shape index (κ3) is 4.49. The quantitative estimate of drug-likeness (QED) is 0.788. The largest absolute Gasteiger partial charge is 0.364 e. The molecule has 0 fully saturated rings. The molecule has 1 aromatic heterocycles. The number of nitrogens with one attached hydrogen (secondary N) is 2. The third-order valence-electron chi connectivity index (χ3n) is 3.32. The molecule has 0 saturated heterocycles. The Bertz CT molecular complexity index is 481. The molecule has 0 aromatic carbocycles. The summed E-state index contributed by atoms with van der Waals surface area (Å²) in [5.41, 5.74) is 0.661. The Morgan fingerprint density at radius 3 is 2.58 bits per heavy atom. The van der Waals surface area contributed by atoms with Gasteiger partial charge in [0.15, 0.2) is 5.43 Å². The monoisotopic (exact) mass is 328 g/mol. The summed E-state index contributed by atoms with van der Waals surface area (Å²) >= 11 is 3.60. The minimum atomic E-state index is -0.323. The van der Waals surface area contributed by atoms with Crippen LogP contribution in [0.1, 0.15) is 42.7 Å². The molecule has 0 spiro atoms. The molecule has 0 aliphatic carbocycles. The summed E-state index contributed by atoms with van der Waals surface area (Å²) in [5.74, 6) is 0.202. The first-order chi connectivity index (χ1) is 8.99. The van der Waals surface area contributed by atoms with E-state index < -0.39 is 0 Å². The summed E-state index contributed by atoms with van der Waals surface area (Å²) < 4.78 is 0. The van der Waals surface area contributed by atoms with Crippen molar-refractivity contribution < 1.29 is 4.79 Å². The van der Waals surface area contributed by atoms with Crippen LogP contribution in [0.15, 0.2) is 17.1 Å². The number of carbonyl (C=O) groups excluding carboxylic acids is 1.